The number of rotatable bonds is 8. The molecule has 5 rings (SSSR count). The maximum absolute atomic E-state index is 14.6. The topological polar surface area (TPSA) is 116 Å². The van der Waals surface area contributed by atoms with Crippen molar-refractivity contribution in [2.24, 2.45) is 10.9 Å². The molecule has 2 unspecified atom stereocenters. The first kappa shape index (κ1) is 28.6. The van der Waals surface area contributed by atoms with Gasteiger partial charge in [0.1, 0.15) is 12.3 Å². The summed E-state index contributed by atoms with van der Waals surface area (Å²) in [5, 5.41) is 5.15. The number of hydrogen-bond donors (Lipinski definition) is 1. The fourth-order valence-electron chi connectivity index (χ4n) is 4.76. The zero-order chi connectivity index (χ0) is 29.1. The summed E-state index contributed by atoms with van der Waals surface area (Å²) in [6.45, 7) is 3.70. The van der Waals surface area contributed by atoms with Gasteiger partial charge in [-0.25, -0.2) is 28.3 Å². The van der Waals surface area contributed by atoms with Gasteiger partial charge < -0.3 is 19.2 Å². The summed E-state index contributed by atoms with van der Waals surface area (Å²) in [7, 11) is 0. The van der Waals surface area contributed by atoms with Crippen molar-refractivity contribution >= 4 is 46.3 Å². The van der Waals surface area contributed by atoms with E-state index >= 15 is 0 Å². The summed E-state index contributed by atoms with van der Waals surface area (Å²) >= 11 is 7.59. The van der Waals surface area contributed by atoms with E-state index in [2.05, 4.69) is 20.3 Å². The van der Waals surface area contributed by atoms with Crippen LogP contribution in [0.4, 0.5) is 8.78 Å². The quantitative estimate of drug-likeness (QED) is 0.245. The second kappa shape index (κ2) is 12.3. The molecule has 0 saturated carbocycles. The van der Waals surface area contributed by atoms with Crippen LogP contribution in [0.1, 0.15) is 66.1 Å². The average Bonchev–Trinajstić information content (AvgIpc) is 3.69. The van der Waals surface area contributed by atoms with E-state index in [1.807, 2.05) is 6.08 Å². The number of benzene rings is 1. The number of thiazole rings is 1. The van der Waals surface area contributed by atoms with Crippen LogP contribution in [0.5, 0.6) is 0 Å². The summed E-state index contributed by atoms with van der Waals surface area (Å²) < 4.78 is 44.5. The van der Waals surface area contributed by atoms with Crippen LogP contribution in [0.15, 0.2) is 56.7 Å². The van der Waals surface area contributed by atoms with E-state index in [1.54, 1.807) is 25.4 Å². The zero-order valence-electron chi connectivity index (χ0n) is 22.1. The van der Waals surface area contributed by atoms with Crippen LogP contribution in [0.25, 0.3) is 5.57 Å². The minimum atomic E-state index is -1.23. The third-order valence-corrected chi connectivity index (χ3v) is 7.81. The summed E-state index contributed by atoms with van der Waals surface area (Å²) in [5.41, 5.74) is 1.70. The highest BCUT2D eigenvalue weighted by atomic mass is 35.5. The number of oxazole rings is 1. The van der Waals surface area contributed by atoms with E-state index in [1.165, 1.54) is 23.7 Å². The lowest BCUT2D eigenvalue weighted by Gasteiger charge is -2.32. The van der Waals surface area contributed by atoms with Crippen LogP contribution in [-0.4, -0.2) is 41.0 Å². The average molecular weight is 603 g/mol. The Labute approximate surface area is 242 Å². The van der Waals surface area contributed by atoms with Crippen molar-refractivity contribution in [2.75, 3.05) is 13.2 Å². The molecule has 0 amide bonds. The molecule has 2 atom stereocenters. The summed E-state index contributed by atoms with van der Waals surface area (Å²) in [6.07, 6.45) is 6.37. The number of aliphatic imine (C=N–C) groups is 1. The molecule has 1 aliphatic carbocycles. The number of halogens is 3. The molecule has 0 saturated heterocycles. The molecule has 1 aromatic carbocycles. The van der Waals surface area contributed by atoms with Gasteiger partial charge >= 0.3 is 11.9 Å². The molecule has 2 aromatic heterocycles. The summed E-state index contributed by atoms with van der Waals surface area (Å²) in [6, 6.07) is 1.20. The van der Waals surface area contributed by atoms with Crippen LogP contribution in [0.2, 0.25) is 5.02 Å². The number of carbonyl (C=O) groups is 2. The Morgan fingerprint density at radius 1 is 1.20 bits per heavy atom. The van der Waals surface area contributed by atoms with Crippen molar-refractivity contribution in [2.45, 2.75) is 39.2 Å². The Bertz CT molecular complexity index is 1570. The van der Waals surface area contributed by atoms with E-state index in [0.29, 0.717) is 41.7 Å². The van der Waals surface area contributed by atoms with E-state index in [-0.39, 0.29) is 36.0 Å². The van der Waals surface area contributed by atoms with Gasteiger partial charge in [0.05, 0.1) is 23.8 Å². The predicted molar refractivity (Wildman–Crippen MR) is 147 cm³/mol. The molecule has 9 nitrogen and oxygen atoms in total. The van der Waals surface area contributed by atoms with Gasteiger partial charge in [0.15, 0.2) is 28.2 Å². The Kier molecular flexibility index (Phi) is 8.60. The highest BCUT2D eigenvalue weighted by molar-refractivity contribution is 7.11. The minimum absolute atomic E-state index is 0.0849. The molecule has 0 bridgehead atoms. The number of aromatic nitrogens is 2. The van der Waals surface area contributed by atoms with Crippen LogP contribution >= 0.6 is 22.9 Å². The van der Waals surface area contributed by atoms with E-state index in [4.69, 9.17) is 25.5 Å². The van der Waals surface area contributed by atoms with Crippen molar-refractivity contribution in [3.8, 4) is 0 Å². The Morgan fingerprint density at radius 3 is 2.66 bits per heavy atom. The molecular formula is C28H25ClF2N4O5S. The first-order chi connectivity index (χ1) is 19.8. The third-order valence-electron chi connectivity index (χ3n) is 6.65. The number of nitrogens with one attached hydrogen (secondary N) is 1. The summed E-state index contributed by atoms with van der Waals surface area (Å²) in [4.78, 5) is 38.7. The van der Waals surface area contributed by atoms with Gasteiger partial charge in [0, 0.05) is 34.3 Å². The number of hydrogen-bond acceptors (Lipinski definition) is 10. The number of esters is 2. The molecule has 13 heteroatoms. The molecule has 41 heavy (non-hydrogen) atoms. The summed E-state index contributed by atoms with van der Waals surface area (Å²) in [5.74, 6) is -3.07. The number of allylic oxidation sites excluding steroid dienone is 3. The normalized spacial score (nSPS) is 18.9. The molecule has 1 aliphatic heterocycles. The van der Waals surface area contributed by atoms with Gasteiger partial charge in [-0.15, -0.1) is 11.3 Å². The fraction of sp³-hybridized carbons (Fsp3) is 0.321. The van der Waals surface area contributed by atoms with Gasteiger partial charge in [-0.3, -0.25) is 4.99 Å². The first-order valence-corrected chi connectivity index (χ1v) is 14.2. The second-order valence-corrected chi connectivity index (χ2v) is 10.4. The van der Waals surface area contributed by atoms with Crippen LogP contribution < -0.4 is 5.32 Å². The molecule has 0 radical (unpaired) electrons. The zero-order valence-corrected chi connectivity index (χ0v) is 23.7. The number of ether oxygens (including phenoxy) is 2. The van der Waals surface area contributed by atoms with Gasteiger partial charge in [-0.1, -0.05) is 23.7 Å². The van der Waals surface area contributed by atoms with Crippen molar-refractivity contribution in [3.63, 3.8) is 0 Å². The number of carbonyl (C=O) groups excluding carboxylic acids is 2. The second-order valence-electron chi connectivity index (χ2n) is 9.11. The van der Waals surface area contributed by atoms with Crippen LogP contribution in [-0.2, 0) is 14.3 Å². The third kappa shape index (κ3) is 5.80. The molecule has 1 N–H and O–H groups in total. The van der Waals surface area contributed by atoms with Gasteiger partial charge in [0.25, 0.3) is 0 Å². The SMILES string of the molecule is CCOC(=O)C1=C(C2CC=C(c3nc(C(=O)OCC)co3)CC2)NC(c2nccs2)=NC1c1ccc(F)c(F)c1Cl. The lowest BCUT2D eigenvalue weighted by molar-refractivity contribution is -0.139. The largest absolute Gasteiger partial charge is 0.463 e. The number of amidine groups is 1. The van der Waals surface area contributed by atoms with E-state index < -0.39 is 34.6 Å². The standard InChI is InChI=1S/C28H25ClF2N4O5S/c1-3-38-27(36)18-13-40-25(33-18)15-7-5-14(6-8-15)22-19(28(37)39-4-2)23(16-9-10-17(30)21(31)20(16)29)35-24(34-22)26-32-11-12-41-26/h7,9-14,23H,3-6,8H2,1-2H3,(H,34,35). The molecule has 2 aliphatic rings. The lowest BCUT2D eigenvalue weighted by Crippen LogP contribution is -2.37. The minimum Gasteiger partial charge on any atom is -0.463 e. The van der Waals surface area contributed by atoms with Crippen LogP contribution in [0, 0.1) is 17.6 Å². The van der Waals surface area contributed by atoms with E-state index in [9.17, 15) is 18.4 Å². The molecule has 0 spiro atoms. The Balaban J connectivity index is 1.55. The fourth-order valence-corrected chi connectivity index (χ4v) is 5.60. The van der Waals surface area contributed by atoms with Crippen molar-refractivity contribution in [1.29, 1.82) is 0 Å². The van der Waals surface area contributed by atoms with Gasteiger partial charge in [0.2, 0.25) is 5.89 Å². The Hall–Kier alpha value is -3.90. The van der Waals surface area contributed by atoms with Crippen molar-refractivity contribution in [1.82, 2.24) is 15.3 Å². The monoisotopic (exact) mass is 602 g/mol. The van der Waals surface area contributed by atoms with E-state index in [0.717, 1.165) is 11.6 Å². The lowest BCUT2D eigenvalue weighted by atomic mass is 9.82. The predicted octanol–water partition coefficient (Wildman–Crippen LogP) is 6.03. The highest BCUT2D eigenvalue weighted by Gasteiger charge is 2.38. The van der Waals surface area contributed by atoms with Crippen molar-refractivity contribution < 1.29 is 32.3 Å². The van der Waals surface area contributed by atoms with Crippen molar-refractivity contribution in [3.05, 3.63) is 86.1 Å². The molecule has 214 valence electrons. The molecule has 0 fully saturated rings. The van der Waals surface area contributed by atoms with Gasteiger partial charge in [-0.05, 0) is 39.2 Å². The smallest absolute Gasteiger partial charge is 0.360 e. The molecule has 3 heterocycles. The molecular weight excluding hydrogens is 578 g/mol. The first-order valence-electron chi connectivity index (χ1n) is 12.9. The molecule has 3 aromatic rings. The van der Waals surface area contributed by atoms with Gasteiger partial charge in [-0.2, -0.15) is 0 Å². The maximum Gasteiger partial charge on any atom is 0.360 e. The highest BCUT2D eigenvalue weighted by Crippen LogP contribution is 2.42. The number of nitrogens with zero attached hydrogens (tertiary/aromatic N) is 3. The maximum atomic E-state index is 14.6. The Morgan fingerprint density at radius 2 is 1.98 bits per heavy atom. The van der Waals surface area contributed by atoms with Crippen LogP contribution in [0.3, 0.4) is 0 Å².